The summed E-state index contributed by atoms with van der Waals surface area (Å²) in [6.45, 7) is 1.92. The molecule has 3 atom stereocenters. The standard InChI is InChI=1S/C23H23F6N3O2S/c1-13(14-10-15(22(24,25)26)12-16(11-14)23(27,28)29)30(2)21(34)32-8-7-31-17(5-6-19(31)33)20(32)18-4-3-9-35-18/h3-4,9-13,17,20H,5-8H2,1-2H3/t13-,17+,20-/m1/s1. The Morgan fingerprint density at radius 2 is 1.71 bits per heavy atom. The Morgan fingerprint density at radius 1 is 1.09 bits per heavy atom. The van der Waals surface area contributed by atoms with Crippen molar-refractivity contribution >= 4 is 23.3 Å². The molecule has 3 amide bonds. The van der Waals surface area contributed by atoms with Crippen molar-refractivity contribution < 1.29 is 35.9 Å². The van der Waals surface area contributed by atoms with Gasteiger partial charge in [-0.1, -0.05) is 6.07 Å². The lowest BCUT2D eigenvalue weighted by atomic mass is 9.98. The quantitative estimate of drug-likeness (QED) is 0.471. The van der Waals surface area contributed by atoms with Gasteiger partial charge in [0.05, 0.1) is 29.3 Å². The Labute approximate surface area is 201 Å². The van der Waals surface area contributed by atoms with Crippen LogP contribution in [0.5, 0.6) is 0 Å². The Balaban J connectivity index is 1.65. The highest BCUT2D eigenvalue weighted by Crippen LogP contribution is 2.41. The Morgan fingerprint density at radius 3 is 2.26 bits per heavy atom. The highest BCUT2D eigenvalue weighted by molar-refractivity contribution is 7.10. The molecule has 2 fully saturated rings. The number of urea groups is 1. The first kappa shape index (κ1) is 25.3. The molecule has 0 spiro atoms. The van der Waals surface area contributed by atoms with Gasteiger partial charge in [0, 0.05) is 31.4 Å². The van der Waals surface area contributed by atoms with Gasteiger partial charge in [-0.3, -0.25) is 4.79 Å². The van der Waals surface area contributed by atoms with E-state index in [9.17, 15) is 35.9 Å². The molecule has 3 heterocycles. The van der Waals surface area contributed by atoms with Crippen molar-refractivity contribution in [1.29, 1.82) is 0 Å². The minimum absolute atomic E-state index is 0.00836. The van der Waals surface area contributed by atoms with Crippen molar-refractivity contribution in [1.82, 2.24) is 14.7 Å². The third-order valence-electron chi connectivity index (χ3n) is 6.71. The first-order valence-electron chi connectivity index (χ1n) is 10.9. The number of benzene rings is 1. The van der Waals surface area contributed by atoms with E-state index in [1.54, 1.807) is 9.80 Å². The maximum absolute atomic E-state index is 13.6. The molecule has 5 nitrogen and oxygen atoms in total. The molecule has 0 saturated carbocycles. The first-order chi connectivity index (χ1) is 16.3. The Kier molecular flexibility index (Phi) is 6.54. The van der Waals surface area contributed by atoms with Gasteiger partial charge >= 0.3 is 18.4 Å². The number of alkyl halides is 6. The minimum atomic E-state index is -4.98. The van der Waals surface area contributed by atoms with Gasteiger partial charge in [-0.05, 0) is 48.6 Å². The second-order valence-electron chi connectivity index (χ2n) is 8.76. The Hall–Kier alpha value is -2.76. The van der Waals surface area contributed by atoms with E-state index < -0.39 is 41.6 Å². The van der Waals surface area contributed by atoms with Crippen LogP contribution in [-0.4, -0.2) is 52.8 Å². The number of rotatable bonds is 3. The van der Waals surface area contributed by atoms with Crippen LogP contribution < -0.4 is 0 Å². The van der Waals surface area contributed by atoms with Gasteiger partial charge in [0.15, 0.2) is 0 Å². The average molecular weight is 520 g/mol. The van der Waals surface area contributed by atoms with Gasteiger partial charge in [0.1, 0.15) is 0 Å². The fourth-order valence-electron chi connectivity index (χ4n) is 4.77. The van der Waals surface area contributed by atoms with Crippen LogP contribution in [0.2, 0.25) is 0 Å². The largest absolute Gasteiger partial charge is 0.416 e. The molecule has 12 heteroatoms. The van der Waals surface area contributed by atoms with Gasteiger partial charge in [0.25, 0.3) is 0 Å². The molecule has 1 aromatic carbocycles. The first-order valence-corrected chi connectivity index (χ1v) is 11.8. The van der Waals surface area contributed by atoms with Gasteiger partial charge in [-0.15, -0.1) is 11.3 Å². The number of hydrogen-bond acceptors (Lipinski definition) is 3. The third kappa shape index (κ3) is 4.85. The fraction of sp³-hybridized carbons (Fsp3) is 0.478. The monoisotopic (exact) mass is 519 g/mol. The topological polar surface area (TPSA) is 43.9 Å². The van der Waals surface area contributed by atoms with Crippen LogP contribution in [0.4, 0.5) is 31.1 Å². The van der Waals surface area contributed by atoms with Crippen molar-refractivity contribution in [2.24, 2.45) is 0 Å². The average Bonchev–Trinajstić information content (AvgIpc) is 3.46. The van der Waals surface area contributed by atoms with Crippen molar-refractivity contribution in [3.63, 3.8) is 0 Å². The van der Waals surface area contributed by atoms with Crippen LogP contribution >= 0.6 is 11.3 Å². The fourth-order valence-corrected chi connectivity index (χ4v) is 5.66. The van der Waals surface area contributed by atoms with E-state index >= 15 is 0 Å². The van der Waals surface area contributed by atoms with E-state index in [-0.39, 0.29) is 30.1 Å². The molecule has 2 saturated heterocycles. The van der Waals surface area contributed by atoms with Crippen LogP contribution in [0.25, 0.3) is 0 Å². The molecule has 2 aromatic rings. The van der Waals surface area contributed by atoms with Gasteiger partial charge in [-0.2, -0.15) is 26.3 Å². The summed E-state index contributed by atoms with van der Waals surface area (Å²) >= 11 is 1.43. The maximum Gasteiger partial charge on any atom is 0.416 e. The lowest BCUT2D eigenvalue weighted by molar-refractivity contribution is -0.143. The van der Waals surface area contributed by atoms with E-state index in [0.29, 0.717) is 31.5 Å². The summed E-state index contributed by atoms with van der Waals surface area (Å²) in [6.07, 6.45) is -9.03. The normalized spacial score (nSPS) is 21.8. The SMILES string of the molecule is C[C@H](c1cc(C(F)(F)F)cc(C(F)(F)F)c1)N(C)C(=O)N1CCN2C(=O)CC[C@H]2[C@@H]1c1cccs1. The summed E-state index contributed by atoms with van der Waals surface area (Å²) in [4.78, 5) is 31.2. The van der Waals surface area contributed by atoms with Crippen LogP contribution in [0, 0.1) is 0 Å². The van der Waals surface area contributed by atoms with Crippen molar-refractivity contribution in [2.75, 3.05) is 20.1 Å². The number of thiophene rings is 1. The Bertz CT molecular complexity index is 1070. The molecule has 190 valence electrons. The lowest BCUT2D eigenvalue weighted by Crippen LogP contribution is -2.57. The zero-order valence-corrected chi connectivity index (χ0v) is 19.7. The van der Waals surface area contributed by atoms with E-state index in [0.717, 1.165) is 9.78 Å². The summed E-state index contributed by atoms with van der Waals surface area (Å²) in [5.41, 5.74) is -3.13. The summed E-state index contributed by atoms with van der Waals surface area (Å²) in [6, 6.07) is 2.78. The molecular formula is C23H23F6N3O2S. The number of carbonyl (C=O) groups is 2. The number of piperazine rings is 1. The maximum atomic E-state index is 13.6. The van der Waals surface area contributed by atoms with Crippen LogP contribution in [0.1, 0.15) is 53.4 Å². The van der Waals surface area contributed by atoms with E-state index in [1.807, 2.05) is 17.5 Å². The molecule has 2 aliphatic heterocycles. The van der Waals surface area contributed by atoms with Crippen molar-refractivity contribution in [3.8, 4) is 0 Å². The molecule has 0 aliphatic carbocycles. The molecular weight excluding hydrogens is 496 g/mol. The summed E-state index contributed by atoms with van der Waals surface area (Å²) in [5, 5.41) is 1.85. The number of hydrogen-bond donors (Lipinski definition) is 0. The van der Waals surface area contributed by atoms with Crippen LogP contribution in [0.15, 0.2) is 35.7 Å². The lowest BCUT2D eigenvalue weighted by Gasteiger charge is -2.46. The molecule has 35 heavy (non-hydrogen) atoms. The molecule has 4 rings (SSSR count). The highest BCUT2D eigenvalue weighted by atomic mass is 32.1. The second-order valence-corrected chi connectivity index (χ2v) is 9.73. The zero-order chi connectivity index (χ0) is 25.7. The number of fused-ring (bicyclic) bond motifs is 1. The predicted molar refractivity (Wildman–Crippen MR) is 117 cm³/mol. The van der Waals surface area contributed by atoms with Crippen molar-refractivity contribution in [3.05, 3.63) is 57.3 Å². The molecule has 1 aromatic heterocycles. The summed E-state index contributed by atoms with van der Waals surface area (Å²) in [5.74, 6) is 0.00836. The van der Waals surface area contributed by atoms with E-state index in [2.05, 4.69) is 0 Å². The molecule has 0 unspecified atom stereocenters. The van der Waals surface area contributed by atoms with Crippen molar-refractivity contribution in [2.45, 2.75) is 50.2 Å². The number of halogens is 6. The highest BCUT2D eigenvalue weighted by Gasteiger charge is 2.46. The molecule has 2 aliphatic rings. The van der Waals surface area contributed by atoms with Crippen LogP contribution in [-0.2, 0) is 17.1 Å². The molecule has 0 bridgehead atoms. The number of amides is 3. The molecule has 0 radical (unpaired) electrons. The second kappa shape index (κ2) is 9.03. The zero-order valence-electron chi connectivity index (χ0n) is 18.9. The third-order valence-corrected chi connectivity index (χ3v) is 7.66. The minimum Gasteiger partial charge on any atom is -0.335 e. The van der Waals surface area contributed by atoms with E-state index in [1.165, 1.54) is 25.3 Å². The van der Waals surface area contributed by atoms with Gasteiger partial charge < -0.3 is 14.7 Å². The molecule has 0 N–H and O–H groups in total. The summed E-state index contributed by atoms with van der Waals surface area (Å²) in [7, 11) is 1.36. The van der Waals surface area contributed by atoms with Gasteiger partial charge in [0.2, 0.25) is 5.91 Å². The number of nitrogens with zero attached hydrogens (tertiary/aromatic N) is 3. The predicted octanol–water partition coefficient (Wildman–Crippen LogP) is 5.95. The van der Waals surface area contributed by atoms with E-state index in [4.69, 9.17) is 0 Å². The summed E-state index contributed by atoms with van der Waals surface area (Å²) < 4.78 is 80.0. The number of carbonyl (C=O) groups excluding carboxylic acids is 2. The van der Waals surface area contributed by atoms with Gasteiger partial charge in [-0.25, -0.2) is 4.79 Å². The van der Waals surface area contributed by atoms with Crippen LogP contribution in [0.3, 0.4) is 0 Å². The smallest absolute Gasteiger partial charge is 0.335 e.